The zero-order valence-electron chi connectivity index (χ0n) is 25.7. The molecule has 0 aliphatic rings. The highest BCUT2D eigenvalue weighted by Gasteiger charge is 2.19. The number of aliphatic hydroxyl groups is 1. The van der Waals surface area contributed by atoms with Crippen LogP contribution in [0.4, 0.5) is 8.78 Å². The molecule has 0 aliphatic carbocycles. The smallest absolute Gasteiger partial charge is 0.160 e. The first-order valence-corrected chi connectivity index (χ1v) is 16.3. The summed E-state index contributed by atoms with van der Waals surface area (Å²) in [5, 5.41) is 30.1. The Kier molecular flexibility index (Phi) is 10.5. The SMILES string of the molecule is CCn1cc(Cc2csnc2-c2ccc(F)cc2C(C)=O)nn1.CCn1cc(Cc2csnc2-c2ccc(F)cc2C(C)O)nn1. The van der Waals surface area contributed by atoms with E-state index in [1.807, 2.05) is 37.0 Å². The normalized spacial score (nSPS) is 11.7. The first-order chi connectivity index (χ1) is 22.2. The summed E-state index contributed by atoms with van der Waals surface area (Å²) in [5.41, 5.74) is 7.37. The lowest BCUT2D eigenvalue weighted by atomic mass is 9.97. The fourth-order valence-corrected chi connectivity index (χ4v) is 6.25. The average molecular weight is 663 g/mol. The van der Waals surface area contributed by atoms with E-state index in [1.54, 1.807) is 28.4 Å². The third kappa shape index (κ3) is 7.63. The molecule has 46 heavy (non-hydrogen) atoms. The predicted molar refractivity (Wildman–Crippen MR) is 173 cm³/mol. The van der Waals surface area contributed by atoms with E-state index in [2.05, 4.69) is 29.4 Å². The molecule has 14 heteroatoms. The second-order valence-corrected chi connectivity index (χ2v) is 11.8. The van der Waals surface area contributed by atoms with Crippen LogP contribution in [0.1, 0.15) is 72.2 Å². The summed E-state index contributed by atoms with van der Waals surface area (Å²) in [5.74, 6) is -0.982. The van der Waals surface area contributed by atoms with Gasteiger partial charge < -0.3 is 5.11 Å². The van der Waals surface area contributed by atoms with Crippen molar-refractivity contribution >= 4 is 28.8 Å². The van der Waals surface area contributed by atoms with Gasteiger partial charge in [-0.3, -0.25) is 14.2 Å². The van der Waals surface area contributed by atoms with Crippen LogP contribution in [-0.2, 0) is 25.9 Å². The summed E-state index contributed by atoms with van der Waals surface area (Å²) < 4.78 is 39.3. The van der Waals surface area contributed by atoms with Gasteiger partial charge in [0.2, 0.25) is 0 Å². The molecular weight excluding hydrogens is 631 g/mol. The van der Waals surface area contributed by atoms with Crippen LogP contribution in [0.25, 0.3) is 22.5 Å². The topological polar surface area (TPSA) is 124 Å². The quantitative estimate of drug-likeness (QED) is 0.164. The van der Waals surface area contributed by atoms with Gasteiger partial charge in [0.1, 0.15) is 11.6 Å². The van der Waals surface area contributed by atoms with Gasteiger partial charge >= 0.3 is 0 Å². The summed E-state index contributed by atoms with van der Waals surface area (Å²) in [4.78, 5) is 11.8. The van der Waals surface area contributed by atoms with E-state index in [0.717, 1.165) is 46.9 Å². The number of hydrogen-bond donors (Lipinski definition) is 1. The lowest BCUT2D eigenvalue weighted by Crippen LogP contribution is -1.99. The summed E-state index contributed by atoms with van der Waals surface area (Å²) in [6.45, 7) is 8.57. The van der Waals surface area contributed by atoms with Gasteiger partial charge in [0.05, 0.1) is 28.9 Å². The molecule has 0 radical (unpaired) electrons. The minimum Gasteiger partial charge on any atom is -0.389 e. The van der Waals surface area contributed by atoms with Gasteiger partial charge in [0, 0.05) is 65.8 Å². The van der Waals surface area contributed by atoms with Gasteiger partial charge in [-0.2, -0.15) is 8.75 Å². The van der Waals surface area contributed by atoms with Crippen LogP contribution >= 0.6 is 23.1 Å². The Morgan fingerprint density at radius 1 is 0.826 bits per heavy atom. The van der Waals surface area contributed by atoms with Crippen LogP contribution < -0.4 is 0 Å². The Hall–Kier alpha value is -4.53. The summed E-state index contributed by atoms with van der Waals surface area (Å²) in [6, 6.07) is 8.62. The fraction of sp³-hybridized carbons (Fsp3) is 0.281. The van der Waals surface area contributed by atoms with Gasteiger partial charge in [-0.05, 0) is 104 Å². The lowest BCUT2D eigenvalue weighted by molar-refractivity contribution is 0.101. The maximum atomic E-state index is 13.5. The number of aryl methyl sites for hydroxylation is 2. The summed E-state index contributed by atoms with van der Waals surface area (Å²) in [6.07, 6.45) is 4.19. The molecule has 10 nitrogen and oxygen atoms in total. The maximum absolute atomic E-state index is 13.5. The van der Waals surface area contributed by atoms with Gasteiger partial charge in [0.25, 0.3) is 0 Å². The molecule has 1 atom stereocenters. The highest BCUT2D eigenvalue weighted by Crippen LogP contribution is 2.33. The third-order valence-electron chi connectivity index (χ3n) is 7.18. The molecule has 238 valence electrons. The van der Waals surface area contributed by atoms with Crippen molar-refractivity contribution in [3.05, 3.63) is 105 Å². The van der Waals surface area contributed by atoms with E-state index in [-0.39, 0.29) is 11.6 Å². The average Bonchev–Trinajstić information content (AvgIpc) is 3.86. The Morgan fingerprint density at radius 3 is 1.80 bits per heavy atom. The third-order valence-corrected chi connectivity index (χ3v) is 8.54. The number of halogens is 2. The number of carbonyl (C=O) groups excluding carboxylic acids is 1. The number of hydrogen-bond acceptors (Lipinski definition) is 10. The van der Waals surface area contributed by atoms with Crippen molar-refractivity contribution in [1.82, 2.24) is 38.7 Å². The zero-order valence-corrected chi connectivity index (χ0v) is 27.3. The number of aliphatic hydroxyl groups excluding tert-OH is 1. The molecule has 0 saturated heterocycles. The van der Waals surface area contributed by atoms with E-state index in [9.17, 15) is 18.7 Å². The molecule has 2 aromatic carbocycles. The van der Waals surface area contributed by atoms with Crippen molar-refractivity contribution in [1.29, 1.82) is 0 Å². The molecule has 4 aromatic heterocycles. The number of nitrogens with zero attached hydrogens (tertiary/aromatic N) is 8. The maximum Gasteiger partial charge on any atom is 0.160 e. The van der Waals surface area contributed by atoms with E-state index < -0.39 is 11.9 Å². The molecule has 4 heterocycles. The first-order valence-electron chi connectivity index (χ1n) is 14.6. The molecule has 0 amide bonds. The van der Waals surface area contributed by atoms with Crippen molar-refractivity contribution in [3.63, 3.8) is 0 Å². The molecule has 0 bridgehead atoms. The molecule has 0 spiro atoms. The van der Waals surface area contributed by atoms with Crippen LogP contribution in [0.15, 0.2) is 59.6 Å². The lowest BCUT2D eigenvalue weighted by Gasteiger charge is -2.11. The minimum absolute atomic E-state index is 0.185. The van der Waals surface area contributed by atoms with E-state index in [1.165, 1.54) is 54.3 Å². The summed E-state index contributed by atoms with van der Waals surface area (Å²) in [7, 11) is 0. The van der Waals surface area contributed by atoms with E-state index >= 15 is 0 Å². The monoisotopic (exact) mass is 662 g/mol. The Morgan fingerprint density at radius 2 is 1.33 bits per heavy atom. The first kappa shape index (κ1) is 32.9. The van der Waals surface area contributed by atoms with Crippen molar-refractivity contribution in [2.45, 2.75) is 59.7 Å². The van der Waals surface area contributed by atoms with E-state index in [4.69, 9.17) is 0 Å². The van der Waals surface area contributed by atoms with Crippen LogP contribution in [0.5, 0.6) is 0 Å². The molecule has 6 aromatic rings. The van der Waals surface area contributed by atoms with Crippen LogP contribution in [-0.4, -0.2) is 49.6 Å². The van der Waals surface area contributed by atoms with E-state index in [0.29, 0.717) is 35.2 Å². The minimum atomic E-state index is -0.767. The van der Waals surface area contributed by atoms with Gasteiger partial charge in [-0.1, -0.05) is 10.4 Å². The zero-order chi connectivity index (χ0) is 32.8. The molecule has 0 fully saturated rings. The Labute approximate surface area is 272 Å². The number of Topliss-reactive ketones (excluding diaryl/α,β-unsaturated/α-hetero) is 1. The van der Waals surface area contributed by atoms with Crippen molar-refractivity contribution < 1.29 is 18.7 Å². The Balaban J connectivity index is 0.000000181. The molecule has 0 aliphatic heterocycles. The highest BCUT2D eigenvalue weighted by molar-refractivity contribution is 7.04. The second kappa shape index (κ2) is 14.7. The van der Waals surface area contributed by atoms with Crippen LogP contribution in [0.3, 0.4) is 0 Å². The van der Waals surface area contributed by atoms with Crippen molar-refractivity contribution in [3.8, 4) is 22.5 Å². The van der Waals surface area contributed by atoms with Gasteiger partial charge in [-0.25, -0.2) is 8.78 Å². The van der Waals surface area contributed by atoms with Gasteiger partial charge in [-0.15, -0.1) is 10.2 Å². The number of benzene rings is 2. The highest BCUT2D eigenvalue weighted by atomic mass is 32.1. The summed E-state index contributed by atoms with van der Waals surface area (Å²) >= 11 is 2.64. The van der Waals surface area contributed by atoms with Crippen molar-refractivity contribution in [2.24, 2.45) is 0 Å². The molecular formula is C32H32F2N8O2S2. The number of rotatable bonds is 10. The number of carbonyl (C=O) groups is 1. The Bertz CT molecular complexity index is 1950. The number of ketones is 1. The fourth-order valence-electron chi connectivity index (χ4n) is 4.86. The van der Waals surface area contributed by atoms with Crippen LogP contribution in [0, 0.1) is 11.6 Å². The molecule has 0 saturated carbocycles. The van der Waals surface area contributed by atoms with Crippen LogP contribution in [0.2, 0.25) is 0 Å². The second-order valence-electron chi connectivity index (χ2n) is 10.5. The molecule has 6 rings (SSSR count). The molecule has 1 N–H and O–H groups in total. The molecule has 1 unspecified atom stereocenters. The predicted octanol–water partition coefficient (Wildman–Crippen LogP) is 6.56. The largest absolute Gasteiger partial charge is 0.389 e. The number of aromatic nitrogens is 8. The standard InChI is InChI=1S/C16H17FN4OS.C16H15FN4OS/c2*1-3-21-8-13(18-20-21)6-11-9-23-19-16(11)14-5-4-12(17)7-15(14)10(2)22/h4-5,7-10,22H,3,6H2,1-2H3;4-5,7-9H,3,6H2,1-2H3. The van der Waals surface area contributed by atoms with Gasteiger partial charge in [0.15, 0.2) is 5.78 Å². The van der Waals surface area contributed by atoms with Crippen molar-refractivity contribution in [2.75, 3.05) is 0 Å².